The van der Waals surface area contributed by atoms with Gasteiger partial charge in [-0.1, -0.05) is 33.8 Å². The van der Waals surface area contributed by atoms with Gasteiger partial charge in [0.2, 0.25) is 4.34 Å². The quantitative estimate of drug-likeness (QED) is 0.618. The van der Waals surface area contributed by atoms with Crippen molar-refractivity contribution in [2.75, 3.05) is 5.32 Å². The molecule has 0 unspecified atom stereocenters. The normalized spacial score (nSPS) is 12.5. The summed E-state index contributed by atoms with van der Waals surface area (Å²) in [5, 5.41) is 12.5. The van der Waals surface area contributed by atoms with E-state index in [1.807, 2.05) is 18.6 Å². The molecule has 2 rings (SSSR count). The van der Waals surface area contributed by atoms with E-state index in [1.54, 1.807) is 19.9 Å². The molecule has 10 heteroatoms. The average molecular weight is 444 g/mol. The summed E-state index contributed by atoms with van der Waals surface area (Å²) >= 11 is 0.762. The van der Waals surface area contributed by atoms with Crippen molar-refractivity contribution < 1.29 is 22.7 Å². The summed E-state index contributed by atoms with van der Waals surface area (Å²) in [6.07, 6.45) is 1.25. The Morgan fingerprint density at radius 1 is 1.21 bits per heavy atom. The molecule has 160 valence electrons. The number of anilines is 1. The fourth-order valence-electron chi connectivity index (χ4n) is 2.77. The van der Waals surface area contributed by atoms with Gasteiger partial charge in [0, 0.05) is 11.8 Å². The summed E-state index contributed by atoms with van der Waals surface area (Å²) in [5.41, 5.74) is 0.00989. The molecule has 0 aliphatic heterocycles. The van der Waals surface area contributed by atoms with Crippen LogP contribution < -0.4 is 10.0 Å². The van der Waals surface area contributed by atoms with Crippen LogP contribution in [0.15, 0.2) is 22.7 Å². The van der Waals surface area contributed by atoms with Crippen LogP contribution in [0.2, 0.25) is 0 Å². The van der Waals surface area contributed by atoms with Crippen molar-refractivity contribution in [3.63, 3.8) is 0 Å². The number of benzene rings is 1. The van der Waals surface area contributed by atoms with E-state index in [-0.39, 0.29) is 21.9 Å². The summed E-state index contributed by atoms with van der Waals surface area (Å²) in [6.45, 7) is 10.4. The first kappa shape index (κ1) is 23.2. The van der Waals surface area contributed by atoms with Gasteiger partial charge in [0.05, 0.1) is 16.2 Å². The number of carbonyl (C=O) groups excluding carboxylic acids is 1. The largest absolute Gasteiger partial charge is 0.385 e. The first-order chi connectivity index (χ1) is 13.2. The van der Waals surface area contributed by atoms with Gasteiger partial charge in [0.1, 0.15) is 5.82 Å². The second-order valence-corrected chi connectivity index (χ2v) is 10.7. The smallest absolute Gasteiger partial charge is 0.333 e. The van der Waals surface area contributed by atoms with Gasteiger partial charge >= 0.3 is 6.03 Å². The number of nitrogens with one attached hydrogen (secondary N) is 2. The highest BCUT2D eigenvalue weighted by atomic mass is 32.2. The van der Waals surface area contributed by atoms with Crippen LogP contribution in [0.3, 0.4) is 0 Å². The Hall–Kier alpha value is -2.04. The van der Waals surface area contributed by atoms with Crippen molar-refractivity contribution in [1.29, 1.82) is 0 Å². The van der Waals surface area contributed by atoms with Crippen LogP contribution in [0.5, 0.6) is 0 Å². The van der Waals surface area contributed by atoms with Gasteiger partial charge in [0.25, 0.3) is 10.0 Å². The second-order valence-electron chi connectivity index (χ2n) is 7.84. The average Bonchev–Trinajstić information content (AvgIpc) is 3.04. The SMILES string of the molecule is CC(C)c1ccc(F)c(C(C)C)c1NC(=O)NS(=O)(=O)c1ncc(C(C)(C)O)s1. The number of nitrogens with zero attached hydrogens (tertiary/aromatic N) is 1. The molecule has 7 nitrogen and oxygen atoms in total. The maximum Gasteiger partial charge on any atom is 0.333 e. The number of aliphatic hydroxyl groups is 1. The maximum absolute atomic E-state index is 14.4. The van der Waals surface area contributed by atoms with E-state index in [0.29, 0.717) is 16.0 Å². The Morgan fingerprint density at radius 2 is 1.83 bits per heavy atom. The van der Waals surface area contributed by atoms with Crippen LogP contribution in [0.1, 0.15) is 69.4 Å². The lowest BCUT2D eigenvalue weighted by Crippen LogP contribution is -2.35. The molecule has 1 aromatic heterocycles. The Kier molecular flexibility index (Phi) is 6.71. The van der Waals surface area contributed by atoms with Crippen LogP contribution in [0.25, 0.3) is 0 Å². The molecule has 3 N–H and O–H groups in total. The summed E-state index contributed by atoms with van der Waals surface area (Å²) in [6, 6.07) is 1.91. The van der Waals surface area contributed by atoms with Crippen LogP contribution in [0.4, 0.5) is 14.9 Å². The molecule has 0 saturated carbocycles. The van der Waals surface area contributed by atoms with Crippen molar-refractivity contribution in [2.45, 2.75) is 63.3 Å². The van der Waals surface area contributed by atoms with E-state index in [9.17, 15) is 22.7 Å². The number of rotatable bonds is 6. The van der Waals surface area contributed by atoms with E-state index in [2.05, 4.69) is 10.3 Å². The minimum atomic E-state index is -4.25. The number of amides is 2. The zero-order chi connectivity index (χ0) is 22.1. The summed E-state index contributed by atoms with van der Waals surface area (Å²) in [5.74, 6) is -0.723. The predicted octanol–water partition coefficient (Wildman–Crippen LogP) is 4.27. The van der Waals surface area contributed by atoms with E-state index < -0.39 is 27.5 Å². The fourth-order valence-corrected chi connectivity index (χ4v) is 4.82. The van der Waals surface area contributed by atoms with Gasteiger partial charge in [-0.15, -0.1) is 11.3 Å². The monoisotopic (exact) mass is 443 g/mol. The van der Waals surface area contributed by atoms with Gasteiger partial charge in [-0.05, 0) is 37.3 Å². The van der Waals surface area contributed by atoms with Crippen molar-refractivity contribution in [3.05, 3.63) is 40.2 Å². The highest BCUT2D eigenvalue weighted by molar-refractivity contribution is 7.92. The molecule has 0 atom stereocenters. The second kappa shape index (κ2) is 8.37. The van der Waals surface area contributed by atoms with Crippen molar-refractivity contribution in [3.8, 4) is 0 Å². The number of hydrogen-bond donors (Lipinski definition) is 3. The lowest BCUT2D eigenvalue weighted by molar-refractivity contribution is 0.0823. The van der Waals surface area contributed by atoms with Gasteiger partial charge in [-0.25, -0.2) is 18.9 Å². The summed E-state index contributed by atoms with van der Waals surface area (Å²) in [7, 11) is -4.25. The Bertz CT molecular complexity index is 1010. The van der Waals surface area contributed by atoms with E-state index in [4.69, 9.17) is 0 Å². The number of aromatic nitrogens is 1. The molecule has 2 amide bonds. The molecular formula is C19H26FN3O4S2. The standard InChI is InChI=1S/C19H26FN3O4S2/c1-10(2)12-7-8-13(20)15(11(3)4)16(12)22-17(24)23-29(26,27)18-21-9-14(28-18)19(5,6)25/h7-11,25H,1-6H3,(H2,22,23,24). The molecule has 0 radical (unpaired) electrons. The van der Waals surface area contributed by atoms with Crippen LogP contribution in [-0.2, 0) is 15.6 Å². The van der Waals surface area contributed by atoms with Crippen molar-refractivity contribution in [1.82, 2.24) is 9.71 Å². The third kappa shape index (κ3) is 5.31. The van der Waals surface area contributed by atoms with Gasteiger partial charge in [0.15, 0.2) is 0 Å². The van der Waals surface area contributed by atoms with E-state index in [0.717, 1.165) is 11.3 Å². The number of thiazole rings is 1. The van der Waals surface area contributed by atoms with E-state index >= 15 is 0 Å². The molecule has 1 heterocycles. The topological polar surface area (TPSA) is 108 Å². The van der Waals surface area contributed by atoms with E-state index in [1.165, 1.54) is 26.1 Å². The van der Waals surface area contributed by atoms with Gasteiger partial charge < -0.3 is 10.4 Å². The van der Waals surface area contributed by atoms with Crippen molar-refractivity contribution in [2.24, 2.45) is 0 Å². The third-order valence-electron chi connectivity index (χ3n) is 4.21. The fraction of sp³-hybridized carbons (Fsp3) is 0.474. The zero-order valence-corrected chi connectivity index (χ0v) is 18.8. The van der Waals surface area contributed by atoms with Gasteiger partial charge in [-0.2, -0.15) is 8.42 Å². The van der Waals surface area contributed by atoms with Gasteiger partial charge in [-0.3, -0.25) is 0 Å². The summed E-state index contributed by atoms with van der Waals surface area (Å²) < 4.78 is 40.9. The van der Waals surface area contributed by atoms with Crippen LogP contribution in [-0.4, -0.2) is 24.5 Å². The van der Waals surface area contributed by atoms with Crippen molar-refractivity contribution >= 4 is 33.1 Å². The molecule has 0 aliphatic carbocycles. The number of halogens is 1. The lowest BCUT2D eigenvalue weighted by Gasteiger charge is -2.21. The Morgan fingerprint density at radius 3 is 2.31 bits per heavy atom. The first-order valence-electron chi connectivity index (χ1n) is 9.08. The predicted molar refractivity (Wildman–Crippen MR) is 111 cm³/mol. The highest BCUT2D eigenvalue weighted by Gasteiger charge is 2.27. The number of hydrogen-bond acceptors (Lipinski definition) is 6. The van der Waals surface area contributed by atoms with Crippen LogP contribution >= 0.6 is 11.3 Å². The molecule has 29 heavy (non-hydrogen) atoms. The number of urea groups is 1. The minimum absolute atomic E-state index is 0.0201. The molecule has 0 spiro atoms. The maximum atomic E-state index is 14.4. The number of carbonyl (C=O) groups is 1. The molecule has 0 aliphatic rings. The molecule has 0 fully saturated rings. The molecular weight excluding hydrogens is 417 g/mol. The first-order valence-corrected chi connectivity index (χ1v) is 11.4. The molecule has 0 saturated heterocycles. The minimum Gasteiger partial charge on any atom is -0.385 e. The zero-order valence-electron chi connectivity index (χ0n) is 17.2. The lowest BCUT2D eigenvalue weighted by atomic mass is 9.92. The third-order valence-corrected chi connectivity index (χ3v) is 7.24. The molecule has 2 aromatic rings. The molecule has 1 aromatic carbocycles. The Labute approximate surface area is 174 Å². The summed E-state index contributed by atoms with van der Waals surface area (Å²) in [4.78, 5) is 16.6. The molecule has 0 bridgehead atoms. The number of sulfonamides is 1. The van der Waals surface area contributed by atoms with Crippen LogP contribution in [0, 0.1) is 5.82 Å². The Balaban J connectivity index is 2.33. The highest BCUT2D eigenvalue weighted by Crippen LogP contribution is 2.34.